The average molecular weight is 264 g/mol. The van der Waals surface area contributed by atoms with Crippen molar-refractivity contribution in [1.29, 1.82) is 0 Å². The smallest absolute Gasteiger partial charge is 0.277 e. The van der Waals surface area contributed by atoms with E-state index >= 15 is 0 Å². The van der Waals surface area contributed by atoms with Gasteiger partial charge in [0.2, 0.25) is 0 Å². The topological polar surface area (TPSA) is 78.4 Å². The first-order valence-corrected chi connectivity index (χ1v) is 7.81. The van der Waals surface area contributed by atoms with Crippen molar-refractivity contribution in [2.45, 2.75) is 51.5 Å². The maximum atomic E-state index is 11.8. The van der Waals surface area contributed by atoms with Gasteiger partial charge in [0.15, 0.2) is 0 Å². The minimum Gasteiger partial charge on any atom is -0.394 e. The Morgan fingerprint density at radius 2 is 2.18 bits per heavy atom. The highest BCUT2D eigenvalue weighted by Crippen LogP contribution is 2.32. The maximum Gasteiger partial charge on any atom is 0.277 e. The van der Waals surface area contributed by atoms with Crippen LogP contribution in [-0.2, 0) is 10.2 Å². The Bertz CT molecular complexity index is 332. The van der Waals surface area contributed by atoms with Crippen LogP contribution in [0.2, 0.25) is 0 Å². The van der Waals surface area contributed by atoms with E-state index in [0.717, 1.165) is 19.3 Å². The molecule has 5 nitrogen and oxygen atoms in total. The Labute approximate surface area is 104 Å². The first kappa shape index (κ1) is 14.9. The van der Waals surface area contributed by atoms with Crippen LogP contribution in [0.3, 0.4) is 0 Å². The maximum absolute atomic E-state index is 11.8. The molecular formula is C11H24N2O3S. The van der Waals surface area contributed by atoms with Crippen molar-refractivity contribution in [3.63, 3.8) is 0 Å². The van der Waals surface area contributed by atoms with E-state index in [2.05, 4.69) is 16.4 Å². The predicted octanol–water partition coefficient (Wildman–Crippen LogP) is 0.762. The van der Waals surface area contributed by atoms with Gasteiger partial charge >= 0.3 is 0 Å². The molecule has 1 saturated carbocycles. The molecule has 0 spiro atoms. The third-order valence-electron chi connectivity index (χ3n) is 3.29. The summed E-state index contributed by atoms with van der Waals surface area (Å²) in [6.45, 7) is 4.29. The van der Waals surface area contributed by atoms with E-state index in [4.69, 9.17) is 0 Å². The van der Waals surface area contributed by atoms with E-state index in [0.29, 0.717) is 25.3 Å². The van der Waals surface area contributed by atoms with E-state index in [1.54, 1.807) is 0 Å². The van der Waals surface area contributed by atoms with Gasteiger partial charge in [0.25, 0.3) is 10.2 Å². The van der Waals surface area contributed by atoms with Gasteiger partial charge in [-0.1, -0.05) is 26.7 Å². The third kappa shape index (κ3) is 4.54. The van der Waals surface area contributed by atoms with E-state index in [-0.39, 0.29) is 6.61 Å². The minimum atomic E-state index is -3.50. The number of aliphatic hydroxyl groups is 1. The fourth-order valence-corrected chi connectivity index (χ4v) is 3.85. The van der Waals surface area contributed by atoms with Gasteiger partial charge in [-0.05, 0) is 25.2 Å². The molecule has 0 saturated heterocycles. The zero-order valence-electron chi connectivity index (χ0n) is 10.7. The van der Waals surface area contributed by atoms with E-state index in [1.165, 1.54) is 0 Å². The summed E-state index contributed by atoms with van der Waals surface area (Å²) in [5.74, 6) is 0.449. The van der Waals surface area contributed by atoms with Crippen molar-refractivity contribution in [3.8, 4) is 0 Å². The summed E-state index contributed by atoms with van der Waals surface area (Å²) >= 11 is 0. The first-order valence-electron chi connectivity index (χ1n) is 6.32. The molecule has 2 unspecified atom stereocenters. The third-order valence-corrected chi connectivity index (χ3v) is 4.57. The van der Waals surface area contributed by atoms with Gasteiger partial charge in [0.1, 0.15) is 0 Å². The van der Waals surface area contributed by atoms with Crippen LogP contribution in [0.4, 0.5) is 0 Å². The molecule has 0 aliphatic heterocycles. The van der Waals surface area contributed by atoms with Gasteiger partial charge in [0, 0.05) is 6.54 Å². The monoisotopic (exact) mass is 264 g/mol. The molecule has 0 aromatic carbocycles. The minimum absolute atomic E-state index is 0.135. The summed E-state index contributed by atoms with van der Waals surface area (Å²) in [5.41, 5.74) is -0.669. The van der Waals surface area contributed by atoms with Crippen LogP contribution in [0.1, 0.15) is 46.0 Å². The quantitative estimate of drug-likeness (QED) is 0.663. The summed E-state index contributed by atoms with van der Waals surface area (Å²) < 4.78 is 28.7. The second kappa shape index (κ2) is 6.13. The zero-order chi connectivity index (χ0) is 12.9. The van der Waals surface area contributed by atoms with Crippen LogP contribution in [0.5, 0.6) is 0 Å². The van der Waals surface area contributed by atoms with Crippen LogP contribution in [0.25, 0.3) is 0 Å². The van der Waals surface area contributed by atoms with E-state index < -0.39 is 15.7 Å². The predicted molar refractivity (Wildman–Crippen MR) is 67.8 cm³/mol. The Hall–Kier alpha value is -0.170. The molecule has 1 fully saturated rings. The van der Waals surface area contributed by atoms with Crippen LogP contribution < -0.4 is 9.44 Å². The van der Waals surface area contributed by atoms with E-state index in [9.17, 15) is 13.5 Å². The Morgan fingerprint density at radius 3 is 2.71 bits per heavy atom. The second-order valence-electron chi connectivity index (χ2n) is 5.14. The molecule has 17 heavy (non-hydrogen) atoms. The SMILES string of the molecule is CCCNS(=O)(=O)NC1(CO)CCCC(C)C1. The lowest BCUT2D eigenvalue weighted by Gasteiger charge is -2.38. The highest BCUT2D eigenvalue weighted by Gasteiger charge is 2.37. The first-order chi connectivity index (χ1) is 7.93. The number of hydrogen-bond donors (Lipinski definition) is 3. The normalized spacial score (nSPS) is 30.4. The lowest BCUT2D eigenvalue weighted by atomic mass is 9.78. The Balaban J connectivity index is 2.68. The van der Waals surface area contributed by atoms with Crippen LogP contribution >= 0.6 is 0 Å². The molecule has 1 aliphatic carbocycles. The highest BCUT2D eigenvalue weighted by molar-refractivity contribution is 7.87. The molecule has 6 heteroatoms. The van der Waals surface area contributed by atoms with Gasteiger partial charge in [-0.25, -0.2) is 4.72 Å². The standard InChI is InChI=1S/C11H24N2O3S/c1-3-7-12-17(15,16)13-11(9-14)6-4-5-10(2)8-11/h10,12-14H,3-9H2,1-2H3. The van der Waals surface area contributed by atoms with Crippen molar-refractivity contribution in [2.24, 2.45) is 5.92 Å². The van der Waals surface area contributed by atoms with Crippen LogP contribution in [0, 0.1) is 5.92 Å². The van der Waals surface area contributed by atoms with Gasteiger partial charge in [-0.2, -0.15) is 13.1 Å². The fraction of sp³-hybridized carbons (Fsp3) is 1.00. The van der Waals surface area contributed by atoms with Gasteiger partial charge in [0.05, 0.1) is 12.1 Å². The Kier molecular flexibility index (Phi) is 5.37. The molecular weight excluding hydrogens is 240 g/mol. The number of aliphatic hydroxyl groups excluding tert-OH is 1. The molecule has 0 aromatic heterocycles. The molecule has 1 rings (SSSR count). The van der Waals surface area contributed by atoms with Crippen molar-refractivity contribution >= 4 is 10.2 Å². The molecule has 1 aliphatic rings. The molecule has 3 N–H and O–H groups in total. The molecule has 0 aromatic rings. The number of hydrogen-bond acceptors (Lipinski definition) is 3. The van der Waals surface area contributed by atoms with Gasteiger partial charge in [-0.15, -0.1) is 0 Å². The van der Waals surface area contributed by atoms with Crippen molar-refractivity contribution in [2.75, 3.05) is 13.2 Å². The lowest BCUT2D eigenvalue weighted by molar-refractivity contribution is 0.119. The highest BCUT2D eigenvalue weighted by atomic mass is 32.2. The van der Waals surface area contributed by atoms with Crippen molar-refractivity contribution in [3.05, 3.63) is 0 Å². The molecule has 0 bridgehead atoms. The summed E-state index contributed by atoms with van der Waals surface area (Å²) in [6.07, 6.45) is 4.23. The average Bonchev–Trinajstić information content (AvgIpc) is 2.26. The molecule has 2 atom stereocenters. The van der Waals surface area contributed by atoms with Crippen LogP contribution in [0.15, 0.2) is 0 Å². The number of nitrogens with one attached hydrogen (secondary N) is 2. The van der Waals surface area contributed by atoms with E-state index in [1.807, 2.05) is 6.92 Å². The molecule has 0 radical (unpaired) electrons. The zero-order valence-corrected chi connectivity index (χ0v) is 11.5. The van der Waals surface area contributed by atoms with Gasteiger partial charge < -0.3 is 5.11 Å². The summed E-state index contributed by atoms with van der Waals surface area (Å²) in [5, 5.41) is 9.49. The summed E-state index contributed by atoms with van der Waals surface area (Å²) in [4.78, 5) is 0. The fourth-order valence-electron chi connectivity index (χ4n) is 2.49. The summed E-state index contributed by atoms with van der Waals surface area (Å²) in [7, 11) is -3.50. The Morgan fingerprint density at radius 1 is 1.47 bits per heavy atom. The summed E-state index contributed by atoms with van der Waals surface area (Å²) in [6, 6.07) is 0. The lowest BCUT2D eigenvalue weighted by Crippen LogP contribution is -2.56. The van der Waals surface area contributed by atoms with Crippen molar-refractivity contribution < 1.29 is 13.5 Å². The molecule has 102 valence electrons. The molecule has 0 amide bonds. The van der Waals surface area contributed by atoms with Gasteiger partial charge in [-0.3, -0.25) is 0 Å². The molecule has 0 heterocycles. The van der Waals surface area contributed by atoms with Crippen molar-refractivity contribution in [1.82, 2.24) is 9.44 Å². The number of rotatable bonds is 6. The largest absolute Gasteiger partial charge is 0.394 e. The van der Waals surface area contributed by atoms with Crippen LogP contribution in [-0.4, -0.2) is 32.2 Å². The second-order valence-corrected chi connectivity index (χ2v) is 6.64.